The number of benzene rings is 1. The van der Waals surface area contributed by atoms with Crippen molar-refractivity contribution in [2.45, 2.75) is 19.2 Å². The molecule has 0 aliphatic carbocycles. The van der Waals surface area contributed by atoms with Gasteiger partial charge in [-0.2, -0.15) is 13.2 Å². The lowest BCUT2D eigenvalue weighted by Crippen LogP contribution is -2.22. The van der Waals surface area contributed by atoms with Gasteiger partial charge in [0.15, 0.2) is 0 Å². The van der Waals surface area contributed by atoms with Crippen LogP contribution in [0.2, 0.25) is 0 Å². The summed E-state index contributed by atoms with van der Waals surface area (Å²) in [6, 6.07) is 7.02. The summed E-state index contributed by atoms with van der Waals surface area (Å²) in [7, 11) is 1.57. The lowest BCUT2D eigenvalue weighted by Gasteiger charge is -2.15. The van der Waals surface area contributed by atoms with Gasteiger partial charge in [0.2, 0.25) is 10.1 Å². The van der Waals surface area contributed by atoms with Crippen LogP contribution in [0.1, 0.15) is 11.9 Å². The van der Waals surface area contributed by atoms with Crippen molar-refractivity contribution in [1.29, 1.82) is 0 Å². The van der Waals surface area contributed by atoms with E-state index in [0.717, 1.165) is 0 Å². The van der Waals surface area contributed by atoms with Crippen LogP contribution in [-0.2, 0) is 6.18 Å². The van der Waals surface area contributed by atoms with Gasteiger partial charge in [-0.3, -0.25) is 0 Å². The Morgan fingerprint density at radius 2 is 1.82 bits per heavy atom. The van der Waals surface area contributed by atoms with Crippen LogP contribution < -0.4 is 14.8 Å². The Bertz CT molecular complexity index is 601. The molecule has 0 amide bonds. The van der Waals surface area contributed by atoms with Crippen LogP contribution in [0, 0.1) is 0 Å². The fraction of sp³-hybridized carbons (Fsp3) is 0.385. The van der Waals surface area contributed by atoms with Crippen LogP contribution >= 0.6 is 11.3 Å². The van der Waals surface area contributed by atoms with Gasteiger partial charge in [-0.15, -0.1) is 10.2 Å². The molecule has 0 aliphatic heterocycles. The number of nitrogens with zero attached hydrogens (tertiary/aromatic N) is 2. The Morgan fingerprint density at radius 3 is 2.36 bits per heavy atom. The van der Waals surface area contributed by atoms with Gasteiger partial charge in [0.05, 0.1) is 13.7 Å². The quantitative estimate of drug-likeness (QED) is 0.877. The fourth-order valence-electron chi connectivity index (χ4n) is 1.57. The van der Waals surface area contributed by atoms with E-state index in [9.17, 15) is 13.2 Å². The Labute approximate surface area is 129 Å². The molecule has 2 aromatic rings. The van der Waals surface area contributed by atoms with E-state index in [0.29, 0.717) is 29.4 Å². The highest BCUT2D eigenvalue weighted by atomic mass is 32.1. The summed E-state index contributed by atoms with van der Waals surface area (Å²) in [5.74, 6) is 1.36. The van der Waals surface area contributed by atoms with Gasteiger partial charge < -0.3 is 14.8 Å². The molecule has 0 spiro atoms. The second-order valence-corrected chi connectivity index (χ2v) is 5.37. The molecule has 1 atom stereocenters. The lowest BCUT2D eigenvalue weighted by molar-refractivity contribution is -0.138. The zero-order chi connectivity index (χ0) is 16.2. The van der Waals surface area contributed by atoms with Crippen LogP contribution in [0.5, 0.6) is 11.5 Å². The minimum absolute atomic E-state index is 0.109. The molecule has 2 rings (SSSR count). The van der Waals surface area contributed by atoms with E-state index < -0.39 is 11.2 Å². The number of aromatic nitrogens is 2. The third-order valence-electron chi connectivity index (χ3n) is 2.60. The molecule has 9 heteroatoms. The second-order valence-electron chi connectivity index (χ2n) is 4.40. The van der Waals surface area contributed by atoms with Crippen molar-refractivity contribution in [1.82, 2.24) is 10.2 Å². The molecule has 1 aromatic carbocycles. The van der Waals surface area contributed by atoms with E-state index in [1.807, 2.05) is 0 Å². The van der Waals surface area contributed by atoms with E-state index in [2.05, 4.69) is 15.5 Å². The van der Waals surface area contributed by atoms with Gasteiger partial charge in [-0.05, 0) is 31.2 Å². The average molecular weight is 333 g/mol. The number of hydrogen-bond acceptors (Lipinski definition) is 6. The summed E-state index contributed by atoms with van der Waals surface area (Å²) in [4.78, 5) is 0. The van der Waals surface area contributed by atoms with Crippen molar-refractivity contribution in [2.75, 3.05) is 19.0 Å². The van der Waals surface area contributed by atoms with Crippen molar-refractivity contribution in [3.05, 3.63) is 29.3 Å². The highest BCUT2D eigenvalue weighted by Gasteiger charge is 2.35. The number of alkyl halides is 3. The Morgan fingerprint density at radius 1 is 1.18 bits per heavy atom. The first-order valence-corrected chi connectivity index (χ1v) is 7.15. The highest BCUT2D eigenvalue weighted by molar-refractivity contribution is 7.15. The molecule has 0 aliphatic rings. The average Bonchev–Trinajstić information content (AvgIpc) is 2.95. The number of halogens is 3. The van der Waals surface area contributed by atoms with Crippen LogP contribution in [0.25, 0.3) is 0 Å². The molecule has 1 unspecified atom stereocenters. The summed E-state index contributed by atoms with van der Waals surface area (Å²) >= 11 is 0.463. The standard InChI is InChI=1S/C13H14F3N3O2S/c1-8(21-10-5-3-9(20-2)4-6-10)7-17-12-19-18-11(22-12)13(14,15)16/h3-6,8H,7H2,1-2H3,(H,17,19). The van der Waals surface area contributed by atoms with Crippen LogP contribution in [-0.4, -0.2) is 30.0 Å². The maximum atomic E-state index is 12.4. The number of anilines is 1. The predicted molar refractivity (Wildman–Crippen MR) is 76.5 cm³/mol. The summed E-state index contributed by atoms with van der Waals surface area (Å²) in [6.45, 7) is 2.10. The Balaban J connectivity index is 1.84. The van der Waals surface area contributed by atoms with Crippen LogP contribution in [0.4, 0.5) is 18.3 Å². The van der Waals surface area contributed by atoms with Crippen molar-refractivity contribution in [2.24, 2.45) is 0 Å². The molecule has 1 N–H and O–H groups in total. The minimum Gasteiger partial charge on any atom is -0.497 e. The third kappa shape index (κ3) is 4.48. The van der Waals surface area contributed by atoms with Crippen molar-refractivity contribution < 1.29 is 22.6 Å². The largest absolute Gasteiger partial charge is 0.497 e. The number of hydrogen-bond donors (Lipinski definition) is 1. The maximum Gasteiger partial charge on any atom is 0.445 e. The first-order chi connectivity index (χ1) is 10.4. The molecule has 0 saturated heterocycles. The van der Waals surface area contributed by atoms with Crippen molar-refractivity contribution in [3.63, 3.8) is 0 Å². The topological polar surface area (TPSA) is 56.3 Å². The second kappa shape index (κ2) is 6.82. The number of methoxy groups -OCH3 is 1. The molecule has 0 radical (unpaired) electrons. The molecule has 0 saturated carbocycles. The normalized spacial score (nSPS) is 12.8. The monoisotopic (exact) mass is 333 g/mol. The maximum absolute atomic E-state index is 12.4. The molecule has 5 nitrogen and oxygen atoms in total. The molecule has 22 heavy (non-hydrogen) atoms. The first-order valence-electron chi connectivity index (χ1n) is 6.34. The van der Waals surface area contributed by atoms with E-state index in [-0.39, 0.29) is 11.2 Å². The minimum atomic E-state index is -4.47. The Kier molecular flexibility index (Phi) is 5.07. The smallest absolute Gasteiger partial charge is 0.445 e. The summed E-state index contributed by atoms with van der Waals surface area (Å²) < 4.78 is 47.8. The SMILES string of the molecule is COc1ccc(OC(C)CNc2nnc(C(F)(F)F)s2)cc1. The molecule has 1 heterocycles. The molecular formula is C13H14F3N3O2S. The van der Waals surface area contributed by atoms with Crippen LogP contribution in [0.3, 0.4) is 0 Å². The van der Waals surface area contributed by atoms with Gasteiger partial charge in [-0.25, -0.2) is 0 Å². The zero-order valence-electron chi connectivity index (χ0n) is 11.8. The van der Waals surface area contributed by atoms with Gasteiger partial charge in [-0.1, -0.05) is 11.3 Å². The molecule has 0 bridgehead atoms. The van der Waals surface area contributed by atoms with Gasteiger partial charge in [0.25, 0.3) is 0 Å². The molecule has 120 valence electrons. The molecular weight excluding hydrogens is 319 g/mol. The first kappa shape index (κ1) is 16.3. The predicted octanol–water partition coefficient (Wildman–Crippen LogP) is 3.44. The Hall–Kier alpha value is -2.03. The molecule has 0 fully saturated rings. The fourth-order valence-corrected chi connectivity index (χ4v) is 2.19. The van der Waals surface area contributed by atoms with Crippen LogP contribution in [0.15, 0.2) is 24.3 Å². The van der Waals surface area contributed by atoms with Crippen molar-refractivity contribution >= 4 is 16.5 Å². The zero-order valence-corrected chi connectivity index (χ0v) is 12.7. The third-order valence-corrected chi connectivity index (χ3v) is 3.53. The van der Waals surface area contributed by atoms with Gasteiger partial charge in [0, 0.05) is 0 Å². The van der Waals surface area contributed by atoms with E-state index >= 15 is 0 Å². The van der Waals surface area contributed by atoms with Crippen molar-refractivity contribution in [3.8, 4) is 11.5 Å². The molecule has 1 aromatic heterocycles. The number of nitrogens with one attached hydrogen (secondary N) is 1. The summed E-state index contributed by atoms with van der Waals surface area (Å²) in [5, 5.41) is 8.45. The van der Waals surface area contributed by atoms with E-state index in [1.165, 1.54) is 0 Å². The van der Waals surface area contributed by atoms with Gasteiger partial charge in [0.1, 0.15) is 17.6 Å². The summed E-state index contributed by atoms with van der Waals surface area (Å²) in [6.07, 6.45) is -4.73. The number of rotatable bonds is 6. The van der Waals surface area contributed by atoms with E-state index in [4.69, 9.17) is 9.47 Å². The van der Waals surface area contributed by atoms with Gasteiger partial charge >= 0.3 is 6.18 Å². The number of ether oxygens (including phenoxy) is 2. The highest BCUT2D eigenvalue weighted by Crippen LogP contribution is 2.32. The van der Waals surface area contributed by atoms with E-state index in [1.54, 1.807) is 38.3 Å². The lowest BCUT2D eigenvalue weighted by atomic mass is 10.3. The summed E-state index contributed by atoms with van der Waals surface area (Å²) in [5.41, 5.74) is 0.